The maximum Gasteiger partial charge on any atom is 0.253 e. The number of nitrogens with one attached hydrogen (secondary N) is 2. The number of aryl methyl sites for hydroxylation is 2. The van der Waals surface area contributed by atoms with Crippen molar-refractivity contribution in [3.63, 3.8) is 0 Å². The number of hydrogen-bond acceptors (Lipinski definition) is 3. The van der Waals surface area contributed by atoms with Crippen LogP contribution in [0.1, 0.15) is 40.1 Å². The number of hydrogen-bond donors (Lipinski definition) is 2. The molecule has 0 radical (unpaired) electrons. The van der Waals surface area contributed by atoms with Gasteiger partial charge in [-0.25, -0.2) is 0 Å². The Balaban J connectivity index is 1.63. The number of aromatic amines is 1. The quantitative estimate of drug-likeness (QED) is 0.354. The van der Waals surface area contributed by atoms with E-state index in [1.165, 1.54) is 16.0 Å². The van der Waals surface area contributed by atoms with Gasteiger partial charge in [-0.05, 0) is 73.1 Å². The van der Waals surface area contributed by atoms with Gasteiger partial charge in [-0.3, -0.25) is 4.79 Å². The van der Waals surface area contributed by atoms with Gasteiger partial charge in [0.2, 0.25) is 0 Å². The van der Waals surface area contributed by atoms with Gasteiger partial charge in [0.25, 0.3) is 5.56 Å². The van der Waals surface area contributed by atoms with Gasteiger partial charge >= 0.3 is 0 Å². The fraction of sp³-hybridized carbons (Fsp3) is 0.231. The Labute approximate surface area is 197 Å². The molecule has 1 atom stereocenters. The summed E-state index contributed by atoms with van der Waals surface area (Å²) in [5.41, 5.74) is 4.95. The van der Waals surface area contributed by atoms with Crippen LogP contribution in [-0.2, 0) is 13.1 Å². The number of rotatable bonds is 6. The van der Waals surface area contributed by atoms with E-state index in [1.807, 2.05) is 37.3 Å². The number of thiophene rings is 1. The van der Waals surface area contributed by atoms with E-state index < -0.39 is 0 Å². The highest BCUT2D eigenvalue weighted by Crippen LogP contribution is 2.20. The zero-order valence-electron chi connectivity index (χ0n) is 18.5. The van der Waals surface area contributed by atoms with Crippen LogP contribution in [0.5, 0.6) is 0 Å². The molecule has 6 heteroatoms. The molecule has 2 N–H and O–H groups in total. The minimum absolute atomic E-state index is 0.0646. The van der Waals surface area contributed by atoms with Gasteiger partial charge in [0.15, 0.2) is 5.11 Å². The SMILES string of the molecule is Cc1cc(C)c2[nH]c(=O)c(CN(Cc3cccs3)C(=S)NC(C)c3ccccc3)cc2c1. The van der Waals surface area contributed by atoms with Gasteiger partial charge < -0.3 is 15.2 Å². The number of nitrogens with zero attached hydrogens (tertiary/aromatic N) is 1. The van der Waals surface area contributed by atoms with Crippen LogP contribution >= 0.6 is 23.6 Å². The van der Waals surface area contributed by atoms with Crippen molar-refractivity contribution in [1.29, 1.82) is 0 Å². The van der Waals surface area contributed by atoms with Gasteiger partial charge in [0.05, 0.1) is 24.6 Å². The first-order valence-corrected chi connectivity index (χ1v) is 12.0. The summed E-state index contributed by atoms with van der Waals surface area (Å²) < 4.78 is 0. The van der Waals surface area contributed by atoms with Crippen molar-refractivity contribution in [3.8, 4) is 0 Å². The summed E-state index contributed by atoms with van der Waals surface area (Å²) >= 11 is 7.50. The molecule has 4 aromatic rings. The number of benzene rings is 2. The van der Waals surface area contributed by atoms with E-state index in [0.717, 1.165) is 16.5 Å². The summed E-state index contributed by atoms with van der Waals surface area (Å²) in [7, 11) is 0. The molecule has 0 amide bonds. The van der Waals surface area contributed by atoms with E-state index in [9.17, 15) is 4.79 Å². The molecule has 0 saturated heterocycles. The summed E-state index contributed by atoms with van der Waals surface area (Å²) in [6.07, 6.45) is 0. The second kappa shape index (κ2) is 9.67. The molecule has 0 spiro atoms. The molecule has 2 aromatic heterocycles. The average Bonchev–Trinajstić information content (AvgIpc) is 3.28. The molecule has 2 heterocycles. The number of H-pyrrole nitrogens is 1. The van der Waals surface area contributed by atoms with E-state index in [0.29, 0.717) is 23.8 Å². The minimum atomic E-state index is -0.0699. The molecule has 32 heavy (non-hydrogen) atoms. The monoisotopic (exact) mass is 461 g/mol. The number of fused-ring (bicyclic) bond motifs is 1. The second-order valence-corrected chi connectivity index (χ2v) is 9.61. The van der Waals surface area contributed by atoms with Crippen molar-refractivity contribution in [2.45, 2.75) is 39.9 Å². The topological polar surface area (TPSA) is 48.1 Å². The molecule has 4 nitrogen and oxygen atoms in total. The lowest BCUT2D eigenvalue weighted by Crippen LogP contribution is -2.40. The fourth-order valence-electron chi connectivity index (χ4n) is 3.95. The molecule has 4 rings (SSSR count). The molecule has 0 aliphatic rings. The van der Waals surface area contributed by atoms with Crippen LogP contribution in [0.2, 0.25) is 0 Å². The number of aromatic nitrogens is 1. The van der Waals surface area contributed by atoms with Crippen LogP contribution in [0.3, 0.4) is 0 Å². The van der Waals surface area contributed by atoms with E-state index in [4.69, 9.17) is 12.2 Å². The molecular weight excluding hydrogens is 434 g/mol. The Kier molecular flexibility index (Phi) is 6.72. The summed E-state index contributed by atoms with van der Waals surface area (Å²) in [6, 6.07) is 20.6. The van der Waals surface area contributed by atoms with Crippen LogP contribution in [0.15, 0.2) is 70.8 Å². The Morgan fingerprint density at radius 3 is 2.59 bits per heavy atom. The summed E-state index contributed by atoms with van der Waals surface area (Å²) in [6.45, 7) is 7.28. The predicted octanol–water partition coefficient (Wildman–Crippen LogP) is 5.84. The lowest BCUT2D eigenvalue weighted by molar-refractivity contribution is 0.395. The van der Waals surface area contributed by atoms with Gasteiger partial charge in [-0.2, -0.15) is 0 Å². The van der Waals surface area contributed by atoms with Crippen molar-refractivity contribution >= 4 is 39.6 Å². The van der Waals surface area contributed by atoms with Gasteiger partial charge in [-0.15, -0.1) is 11.3 Å². The lowest BCUT2D eigenvalue weighted by Gasteiger charge is -2.28. The number of pyridine rings is 1. The first-order valence-electron chi connectivity index (χ1n) is 10.7. The smallest absolute Gasteiger partial charge is 0.253 e. The zero-order valence-corrected chi connectivity index (χ0v) is 20.1. The van der Waals surface area contributed by atoms with Crippen LogP contribution in [0.25, 0.3) is 10.9 Å². The molecular formula is C26H27N3OS2. The molecule has 0 aliphatic carbocycles. The first kappa shape index (κ1) is 22.2. The Morgan fingerprint density at radius 1 is 1.09 bits per heavy atom. The Bertz CT molecular complexity index is 1280. The van der Waals surface area contributed by atoms with E-state index >= 15 is 0 Å². The second-order valence-electron chi connectivity index (χ2n) is 8.19. The van der Waals surface area contributed by atoms with Crippen LogP contribution in [0.4, 0.5) is 0 Å². The molecule has 0 fully saturated rings. The highest BCUT2D eigenvalue weighted by atomic mass is 32.1. The van der Waals surface area contributed by atoms with Gasteiger partial charge in [0, 0.05) is 10.4 Å². The largest absolute Gasteiger partial charge is 0.356 e. The van der Waals surface area contributed by atoms with Crippen molar-refractivity contribution in [1.82, 2.24) is 15.2 Å². The maximum atomic E-state index is 12.9. The van der Waals surface area contributed by atoms with Crippen LogP contribution in [0, 0.1) is 13.8 Å². The van der Waals surface area contributed by atoms with Crippen molar-refractivity contribution in [3.05, 3.63) is 104 Å². The standard InChI is InChI=1S/C26H27N3OS2/c1-17-12-18(2)24-21(13-17)14-22(25(30)28-24)15-29(16-23-10-7-11-32-23)26(31)27-19(3)20-8-5-4-6-9-20/h4-14,19H,15-16H2,1-3H3,(H,27,31)(H,28,30). The molecule has 0 aliphatic heterocycles. The molecule has 0 saturated carbocycles. The van der Waals surface area contributed by atoms with Crippen molar-refractivity contribution in [2.24, 2.45) is 0 Å². The Morgan fingerprint density at radius 2 is 1.88 bits per heavy atom. The van der Waals surface area contributed by atoms with Crippen molar-refractivity contribution < 1.29 is 0 Å². The van der Waals surface area contributed by atoms with Crippen molar-refractivity contribution in [2.75, 3.05) is 0 Å². The minimum Gasteiger partial charge on any atom is -0.356 e. The van der Waals surface area contributed by atoms with E-state index in [2.05, 4.69) is 64.8 Å². The van der Waals surface area contributed by atoms with E-state index in [-0.39, 0.29) is 11.6 Å². The zero-order chi connectivity index (χ0) is 22.7. The summed E-state index contributed by atoms with van der Waals surface area (Å²) in [5.74, 6) is 0. The average molecular weight is 462 g/mol. The third kappa shape index (κ3) is 5.09. The van der Waals surface area contributed by atoms with Gasteiger partial charge in [0.1, 0.15) is 0 Å². The third-order valence-electron chi connectivity index (χ3n) is 5.59. The normalized spacial score (nSPS) is 12.0. The van der Waals surface area contributed by atoms with Crippen LogP contribution in [-0.4, -0.2) is 15.0 Å². The molecule has 164 valence electrons. The van der Waals surface area contributed by atoms with Gasteiger partial charge in [-0.1, -0.05) is 48.0 Å². The molecule has 0 bridgehead atoms. The lowest BCUT2D eigenvalue weighted by atomic mass is 10.1. The molecule has 1 unspecified atom stereocenters. The summed E-state index contributed by atoms with van der Waals surface area (Å²) in [5, 5.41) is 7.19. The predicted molar refractivity (Wildman–Crippen MR) is 138 cm³/mol. The third-order valence-corrected chi connectivity index (χ3v) is 6.82. The molecule has 2 aromatic carbocycles. The first-order chi connectivity index (χ1) is 15.4. The summed E-state index contributed by atoms with van der Waals surface area (Å²) in [4.78, 5) is 19.3. The number of thiocarbonyl (C=S) groups is 1. The van der Waals surface area contributed by atoms with Crippen LogP contribution < -0.4 is 10.9 Å². The Hall–Kier alpha value is -2.96. The maximum absolute atomic E-state index is 12.9. The van der Waals surface area contributed by atoms with E-state index in [1.54, 1.807) is 11.3 Å². The highest BCUT2D eigenvalue weighted by molar-refractivity contribution is 7.80. The highest BCUT2D eigenvalue weighted by Gasteiger charge is 2.17. The fourth-order valence-corrected chi connectivity index (χ4v) is 4.97.